The molecule has 0 aliphatic rings. The number of nitrogens with one attached hydrogen (secondary N) is 1. The van der Waals surface area contributed by atoms with Crippen molar-refractivity contribution in [1.29, 1.82) is 0 Å². The highest BCUT2D eigenvalue weighted by molar-refractivity contribution is 8.00. The van der Waals surface area contributed by atoms with E-state index < -0.39 is 0 Å². The molecule has 0 saturated heterocycles. The quantitative estimate of drug-likeness (QED) is 0.535. The van der Waals surface area contributed by atoms with Crippen LogP contribution in [0.4, 0.5) is 5.69 Å². The highest BCUT2D eigenvalue weighted by Crippen LogP contribution is 2.25. The summed E-state index contributed by atoms with van der Waals surface area (Å²) in [6, 6.07) is 15.2. The molecule has 3 aromatic rings. The van der Waals surface area contributed by atoms with Crippen LogP contribution in [0.15, 0.2) is 53.6 Å². The second kappa shape index (κ2) is 7.98. The summed E-state index contributed by atoms with van der Waals surface area (Å²) in [6.45, 7) is 4.41. The zero-order chi connectivity index (χ0) is 17.6. The smallest absolute Gasteiger partial charge is 0.234 e. The van der Waals surface area contributed by atoms with Crippen molar-refractivity contribution in [2.45, 2.75) is 18.9 Å². The zero-order valence-corrected chi connectivity index (χ0v) is 15.0. The van der Waals surface area contributed by atoms with Crippen LogP contribution in [0.1, 0.15) is 12.7 Å². The van der Waals surface area contributed by atoms with Crippen molar-refractivity contribution in [3.63, 3.8) is 0 Å². The Balaban J connectivity index is 1.64. The number of benzene rings is 2. The number of ether oxygens (including phenoxy) is 1. The molecule has 128 valence electrons. The van der Waals surface area contributed by atoms with Gasteiger partial charge in [-0.3, -0.25) is 4.79 Å². The molecule has 3 rings (SSSR count). The van der Waals surface area contributed by atoms with Crippen LogP contribution < -0.4 is 10.1 Å². The molecule has 6 heteroatoms. The molecule has 5 nitrogen and oxygen atoms in total. The summed E-state index contributed by atoms with van der Waals surface area (Å²) in [6.07, 6.45) is 0. The maximum Gasteiger partial charge on any atom is 0.234 e. The van der Waals surface area contributed by atoms with Crippen molar-refractivity contribution in [2.24, 2.45) is 0 Å². The molecular weight excluding hydrogens is 334 g/mol. The number of thioether (sulfide) groups is 1. The second-order valence-electron chi connectivity index (χ2n) is 5.39. The van der Waals surface area contributed by atoms with E-state index in [0.717, 1.165) is 27.4 Å². The summed E-state index contributed by atoms with van der Waals surface area (Å²) in [5.74, 6) is 1.70. The Morgan fingerprint density at radius 2 is 1.88 bits per heavy atom. The van der Waals surface area contributed by atoms with Crippen LogP contribution in [0.5, 0.6) is 5.75 Å². The standard InChI is InChI=1S/C19H19N3O2S/c1-3-24-15-10-8-14(9-11-15)22-18(23)12-25-19-16-6-4-5-7-17(16)20-13(2)21-19/h4-11H,3,12H2,1-2H3,(H,22,23). The molecule has 0 unspecified atom stereocenters. The molecular formula is C19H19N3O2S. The monoisotopic (exact) mass is 353 g/mol. The molecule has 1 N–H and O–H groups in total. The molecule has 1 amide bonds. The molecule has 0 atom stereocenters. The minimum Gasteiger partial charge on any atom is -0.494 e. The number of amides is 1. The second-order valence-corrected chi connectivity index (χ2v) is 6.35. The van der Waals surface area contributed by atoms with Gasteiger partial charge in [-0.25, -0.2) is 9.97 Å². The third-order valence-electron chi connectivity index (χ3n) is 3.47. The number of aromatic nitrogens is 2. The van der Waals surface area contributed by atoms with Crippen molar-refractivity contribution < 1.29 is 9.53 Å². The maximum atomic E-state index is 12.2. The average molecular weight is 353 g/mol. The van der Waals surface area contributed by atoms with Crippen LogP contribution in [-0.2, 0) is 4.79 Å². The van der Waals surface area contributed by atoms with Gasteiger partial charge in [0, 0.05) is 11.1 Å². The van der Waals surface area contributed by atoms with Crippen molar-refractivity contribution in [2.75, 3.05) is 17.7 Å². The van der Waals surface area contributed by atoms with Crippen molar-refractivity contribution in [3.05, 3.63) is 54.4 Å². The molecule has 0 spiro atoms. The number of anilines is 1. The minimum atomic E-state index is -0.0745. The lowest BCUT2D eigenvalue weighted by molar-refractivity contribution is -0.113. The number of fused-ring (bicyclic) bond motifs is 1. The van der Waals surface area contributed by atoms with E-state index >= 15 is 0 Å². The Kier molecular flexibility index (Phi) is 5.50. The van der Waals surface area contributed by atoms with Gasteiger partial charge in [-0.2, -0.15) is 0 Å². The topological polar surface area (TPSA) is 64.1 Å². The number of aryl methyl sites for hydroxylation is 1. The minimum absolute atomic E-state index is 0.0745. The average Bonchev–Trinajstić information content (AvgIpc) is 2.61. The summed E-state index contributed by atoms with van der Waals surface area (Å²) in [5, 5.41) is 4.67. The van der Waals surface area contributed by atoms with E-state index in [1.807, 2.05) is 62.4 Å². The fourth-order valence-corrected chi connectivity index (χ4v) is 3.27. The number of nitrogens with zero attached hydrogens (tertiary/aromatic N) is 2. The van der Waals surface area contributed by atoms with E-state index in [2.05, 4.69) is 15.3 Å². The zero-order valence-electron chi connectivity index (χ0n) is 14.2. The lowest BCUT2D eigenvalue weighted by Crippen LogP contribution is -2.14. The number of carbonyl (C=O) groups excluding carboxylic acids is 1. The van der Waals surface area contributed by atoms with Gasteiger partial charge in [-0.05, 0) is 44.2 Å². The van der Waals surface area contributed by atoms with Gasteiger partial charge in [0.05, 0.1) is 17.9 Å². The number of carbonyl (C=O) groups is 1. The van der Waals surface area contributed by atoms with Gasteiger partial charge in [0.25, 0.3) is 0 Å². The fourth-order valence-electron chi connectivity index (χ4n) is 2.40. The molecule has 2 aromatic carbocycles. The number of para-hydroxylation sites is 1. The number of rotatable bonds is 6. The van der Waals surface area contributed by atoms with Gasteiger partial charge in [-0.1, -0.05) is 30.0 Å². The summed E-state index contributed by atoms with van der Waals surface area (Å²) in [5.41, 5.74) is 1.64. The Morgan fingerprint density at radius 3 is 2.64 bits per heavy atom. The van der Waals surface area contributed by atoms with Gasteiger partial charge in [0.15, 0.2) is 0 Å². The van der Waals surface area contributed by atoms with Gasteiger partial charge in [-0.15, -0.1) is 0 Å². The first kappa shape index (κ1) is 17.2. The molecule has 0 radical (unpaired) electrons. The van der Waals surface area contributed by atoms with Crippen molar-refractivity contribution >= 4 is 34.3 Å². The number of hydrogen-bond acceptors (Lipinski definition) is 5. The highest BCUT2D eigenvalue weighted by Gasteiger charge is 2.09. The number of hydrogen-bond donors (Lipinski definition) is 1. The molecule has 1 heterocycles. The summed E-state index contributed by atoms with van der Waals surface area (Å²) >= 11 is 1.41. The lowest BCUT2D eigenvalue weighted by Gasteiger charge is -2.08. The Labute approximate surface area is 150 Å². The molecule has 0 fully saturated rings. The maximum absolute atomic E-state index is 12.2. The third-order valence-corrected chi connectivity index (χ3v) is 4.46. The van der Waals surface area contributed by atoms with E-state index in [4.69, 9.17) is 4.74 Å². The van der Waals surface area contributed by atoms with Gasteiger partial charge >= 0.3 is 0 Å². The Morgan fingerprint density at radius 1 is 1.12 bits per heavy atom. The normalized spacial score (nSPS) is 10.6. The van der Waals surface area contributed by atoms with Crippen molar-refractivity contribution in [3.8, 4) is 5.75 Å². The molecule has 0 bridgehead atoms. The van der Waals surface area contributed by atoms with Crippen LogP contribution in [-0.4, -0.2) is 28.2 Å². The first-order valence-electron chi connectivity index (χ1n) is 8.04. The predicted octanol–water partition coefficient (Wildman–Crippen LogP) is 4.07. The first-order valence-corrected chi connectivity index (χ1v) is 9.03. The molecule has 0 saturated carbocycles. The predicted molar refractivity (Wildman–Crippen MR) is 101 cm³/mol. The van der Waals surface area contributed by atoms with E-state index in [1.54, 1.807) is 0 Å². The Bertz CT molecular complexity index is 881. The molecule has 0 aliphatic heterocycles. The third kappa shape index (κ3) is 4.48. The van der Waals surface area contributed by atoms with Crippen molar-refractivity contribution in [1.82, 2.24) is 9.97 Å². The van der Waals surface area contributed by atoms with Crippen LogP contribution in [0.25, 0.3) is 10.9 Å². The van der Waals surface area contributed by atoms with E-state index in [9.17, 15) is 4.79 Å². The summed E-state index contributed by atoms with van der Waals surface area (Å²) in [7, 11) is 0. The molecule has 1 aromatic heterocycles. The SMILES string of the molecule is CCOc1ccc(NC(=O)CSc2nc(C)nc3ccccc23)cc1. The van der Waals surface area contributed by atoms with Crippen LogP contribution in [0, 0.1) is 6.92 Å². The summed E-state index contributed by atoms with van der Waals surface area (Å²) in [4.78, 5) is 21.1. The van der Waals surface area contributed by atoms with Gasteiger partial charge in [0.2, 0.25) is 5.91 Å². The largest absolute Gasteiger partial charge is 0.494 e. The molecule has 25 heavy (non-hydrogen) atoms. The van der Waals surface area contributed by atoms with E-state index in [0.29, 0.717) is 12.4 Å². The lowest BCUT2D eigenvalue weighted by atomic mass is 10.2. The highest BCUT2D eigenvalue weighted by atomic mass is 32.2. The van der Waals surface area contributed by atoms with Gasteiger partial charge < -0.3 is 10.1 Å². The van der Waals surface area contributed by atoms with Crippen LogP contribution in [0.2, 0.25) is 0 Å². The summed E-state index contributed by atoms with van der Waals surface area (Å²) < 4.78 is 5.39. The van der Waals surface area contributed by atoms with Crippen LogP contribution in [0.3, 0.4) is 0 Å². The van der Waals surface area contributed by atoms with E-state index in [-0.39, 0.29) is 11.7 Å². The first-order chi connectivity index (χ1) is 12.2. The Hall–Kier alpha value is -2.60. The fraction of sp³-hybridized carbons (Fsp3) is 0.211. The van der Waals surface area contributed by atoms with Gasteiger partial charge in [0.1, 0.15) is 16.6 Å². The van der Waals surface area contributed by atoms with E-state index in [1.165, 1.54) is 11.8 Å². The van der Waals surface area contributed by atoms with Crippen LogP contribution >= 0.6 is 11.8 Å². The molecule has 0 aliphatic carbocycles.